The first-order valence-electron chi connectivity index (χ1n) is 13.4. The molecule has 0 aliphatic carbocycles. The average molecular weight is 464 g/mol. The Morgan fingerprint density at radius 1 is 0.688 bits per heavy atom. The molecule has 0 heterocycles. The van der Waals surface area contributed by atoms with Crippen LogP contribution in [0.3, 0.4) is 0 Å². The van der Waals surface area contributed by atoms with Gasteiger partial charge in [0.15, 0.2) is 0 Å². The minimum Gasteiger partial charge on any atom is -0.463 e. The van der Waals surface area contributed by atoms with Crippen LogP contribution in [-0.4, -0.2) is 69.1 Å². The summed E-state index contributed by atoms with van der Waals surface area (Å²) in [5.41, 5.74) is 0. The van der Waals surface area contributed by atoms with Crippen molar-refractivity contribution in [2.75, 3.05) is 13.2 Å². The number of ether oxygens (including phenoxy) is 1. The maximum atomic E-state index is 11.7. The zero-order valence-corrected chi connectivity index (χ0v) is 20.0. The Balaban J connectivity index is 3.42. The highest BCUT2D eigenvalue weighted by molar-refractivity contribution is 5.69. The van der Waals surface area contributed by atoms with Crippen molar-refractivity contribution in [3.8, 4) is 0 Å². The molecular formula is C25H50O7. The molecule has 0 radical (unpaired) electrons. The van der Waals surface area contributed by atoms with E-state index in [0.717, 1.165) is 19.3 Å². The molecular weight excluding hydrogens is 412 g/mol. The lowest BCUT2D eigenvalue weighted by Crippen LogP contribution is -2.47. The second-order valence-corrected chi connectivity index (χ2v) is 8.89. The third kappa shape index (κ3) is 17.8. The van der Waals surface area contributed by atoms with Crippen LogP contribution < -0.4 is 0 Å². The van der Waals surface area contributed by atoms with E-state index in [4.69, 9.17) is 11.2 Å². The Kier molecular flexibility index (Phi) is 20.2. The van der Waals surface area contributed by atoms with Crippen molar-refractivity contribution in [1.29, 1.82) is 0 Å². The molecule has 7 heteroatoms. The van der Waals surface area contributed by atoms with E-state index in [2.05, 4.69) is 0 Å². The van der Waals surface area contributed by atoms with E-state index >= 15 is 0 Å². The van der Waals surface area contributed by atoms with Gasteiger partial charge in [-0.05, 0) is 6.42 Å². The summed E-state index contributed by atoms with van der Waals surface area (Å²) in [6.45, 7) is -0.650. The number of carbonyl (C=O) groups is 1. The third-order valence-corrected chi connectivity index (χ3v) is 5.87. The summed E-state index contributed by atoms with van der Waals surface area (Å²) in [6, 6.07) is 0. The summed E-state index contributed by atoms with van der Waals surface area (Å²) in [5, 5.41) is 46.9. The fourth-order valence-electron chi connectivity index (χ4n) is 3.66. The number of carbonyl (C=O) groups excluding carboxylic acids is 1. The smallest absolute Gasteiger partial charge is 0.305 e. The summed E-state index contributed by atoms with van der Waals surface area (Å²) in [5.74, 6) is -0.466. The molecule has 0 bridgehead atoms. The van der Waals surface area contributed by atoms with Crippen LogP contribution in [0.1, 0.15) is 117 Å². The number of aliphatic hydroxyl groups excluding tert-OH is 5. The minimum absolute atomic E-state index is 0.245. The van der Waals surface area contributed by atoms with Crippen LogP contribution in [0.5, 0.6) is 0 Å². The lowest BCUT2D eigenvalue weighted by atomic mass is 10.0. The van der Waals surface area contributed by atoms with Crippen molar-refractivity contribution in [2.45, 2.75) is 140 Å². The van der Waals surface area contributed by atoms with Crippen molar-refractivity contribution in [1.82, 2.24) is 0 Å². The quantitative estimate of drug-likeness (QED) is 0.116. The van der Waals surface area contributed by atoms with Gasteiger partial charge in [0.1, 0.15) is 31.0 Å². The van der Waals surface area contributed by atoms with Gasteiger partial charge in [-0.1, -0.05) is 103 Å². The van der Waals surface area contributed by atoms with E-state index in [1.165, 1.54) is 77.0 Å². The Morgan fingerprint density at radius 2 is 1.09 bits per heavy atom. The first kappa shape index (κ1) is 29.3. The van der Waals surface area contributed by atoms with Crippen molar-refractivity contribution in [2.24, 2.45) is 0 Å². The zero-order valence-electron chi connectivity index (χ0n) is 21.0. The van der Waals surface area contributed by atoms with Gasteiger partial charge in [0.05, 0.1) is 6.61 Å². The molecule has 0 aliphatic rings. The molecule has 192 valence electrons. The summed E-state index contributed by atoms with van der Waals surface area (Å²) in [6.07, 6.45) is 13.0. The van der Waals surface area contributed by atoms with Crippen molar-refractivity contribution >= 4 is 5.97 Å². The van der Waals surface area contributed by atoms with E-state index in [1.54, 1.807) is 0 Å². The van der Waals surface area contributed by atoms with Gasteiger partial charge in [-0.15, -0.1) is 0 Å². The van der Waals surface area contributed by atoms with Gasteiger partial charge in [-0.2, -0.15) is 0 Å². The molecule has 0 spiro atoms. The summed E-state index contributed by atoms with van der Waals surface area (Å²) >= 11 is 0. The van der Waals surface area contributed by atoms with Crippen molar-refractivity contribution < 1.29 is 36.4 Å². The Labute approximate surface area is 196 Å². The fraction of sp³-hybridized carbons (Fsp3) is 0.960. The predicted molar refractivity (Wildman–Crippen MR) is 126 cm³/mol. The number of esters is 1. The monoisotopic (exact) mass is 463 g/mol. The maximum absolute atomic E-state index is 11.7. The van der Waals surface area contributed by atoms with Crippen molar-refractivity contribution in [3.05, 3.63) is 0 Å². The van der Waals surface area contributed by atoms with Crippen LogP contribution in [0.25, 0.3) is 0 Å². The Morgan fingerprint density at radius 3 is 1.53 bits per heavy atom. The molecule has 0 aliphatic heterocycles. The molecule has 0 unspecified atom stereocenters. The topological polar surface area (TPSA) is 127 Å². The second-order valence-electron chi connectivity index (χ2n) is 8.89. The van der Waals surface area contributed by atoms with Crippen LogP contribution in [0.2, 0.25) is 0 Å². The lowest BCUT2D eigenvalue weighted by Gasteiger charge is -2.25. The highest BCUT2D eigenvalue weighted by atomic mass is 16.5. The number of hydrogen-bond acceptors (Lipinski definition) is 7. The molecule has 0 aromatic carbocycles. The van der Waals surface area contributed by atoms with Gasteiger partial charge in [0.25, 0.3) is 0 Å². The van der Waals surface area contributed by atoms with Gasteiger partial charge in [-0.25, -0.2) is 0 Å². The summed E-state index contributed by atoms with van der Waals surface area (Å²) in [4.78, 5) is 11.7. The van der Waals surface area contributed by atoms with Crippen LogP contribution in [0, 0.1) is 0 Å². The summed E-state index contributed by atoms with van der Waals surface area (Å²) < 4.78 is 12.0. The SMILES string of the molecule is [2H]CCCCCCCCCCCCCCCCCCC(=O)OC[C@@H](O)[C@@H](O)[C@H](O)[C@@H](O)CO. The van der Waals surface area contributed by atoms with E-state index in [1.807, 2.05) is 0 Å². The second kappa shape index (κ2) is 22.1. The van der Waals surface area contributed by atoms with Gasteiger partial charge < -0.3 is 30.3 Å². The molecule has 0 rings (SSSR count). The largest absolute Gasteiger partial charge is 0.463 e. The number of rotatable bonds is 23. The first-order chi connectivity index (χ1) is 15.9. The zero-order chi connectivity index (χ0) is 24.7. The van der Waals surface area contributed by atoms with E-state index in [0.29, 0.717) is 13.3 Å². The Hall–Kier alpha value is -0.730. The number of hydrogen-bond donors (Lipinski definition) is 5. The van der Waals surface area contributed by atoms with E-state index in [9.17, 15) is 25.2 Å². The van der Waals surface area contributed by atoms with Gasteiger partial charge in [-0.3, -0.25) is 4.79 Å². The maximum Gasteiger partial charge on any atom is 0.305 e. The van der Waals surface area contributed by atoms with Crippen molar-refractivity contribution in [3.63, 3.8) is 0 Å². The highest BCUT2D eigenvalue weighted by Crippen LogP contribution is 2.14. The lowest BCUT2D eigenvalue weighted by molar-refractivity contribution is -0.156. The molecule has 32 heavy (non-hydrogen) atoms. The van der Waals surface area contributed by atoms with Crippen LogP contribution >= 0.6 is 0 Å². The first-order valence-corrected chi connectivity index (χ1v) is 12.7. The van der Waals surface area contributed by atoms with Crippen LogP contribution in [-0.2, 0) is 9.53 Å². The highest BCUT2D eigenvalue weighted by Gasteiger charge is 2.30. The third-order valence-electron chi connectivity index (χ3n) is 5.87. The van der Waals surface area contributed by atoms with E-state index < -0.39 is 43.6 Å². The standard InChI is InChI=1S/C25H50O7/c1-2-3-4-5-6-7-8-9-10-11-12-13-14-15-16-17-18-23(29)32-20-22(28)25(31)24(30)21(27)19-26/h21-22,24-28,30-31H,2-20H2,1H3/t21-,22+,24+,25+/m0/s1/i1D. The van der Waals surface area contributed by atoms with Crippen LogP contribution in [0.15, 0.2) is 0 Å². The molecule has 5 N–H and O–H groups in total. The molecule has 0 amide bonds. The molecule has 4 atom stereocenters. The van der Waals surface area contributed by atoms with Crippen LogP contribution in [0.4, 0.5) is 0 Å². The van der Waals surface area contributed by atoms with E-state index in [-0.39, 0.29) is 6.42 Å². The molecule has 0 saturated heterocycles. The Bertz CT molecular complexity index is 439. The fourth-order valence-corrected chi connectivity index (χ4v) is 3.66. The minimum atomic E-state index is -1.72. The number of aliphatic hydroxyl groups is 5. The molecule has 0 fully saturated rings. The molecule has 0 aromatic rings. The van der Waals surface area contributed by atoms with Gasteiger partial charge >= 0.3 is 5.97 Å². The van der Waals surface area contributed by atoms with Gasteiger partial charge in [0.2, 0.25) is 0 Å². The van der Waals surface area contributed by atoms with Gasteiger partial charge in [0, 0.05) is 7.79 Å². The number of unbranched alkanes of at least 4 members (excludes halogenated alkanes) is 15. The molecule has 7 nitrogen and oxygen atoms in total. The summed E-state index contributed by atoms with van der Waals surface area (Å²) in [7, 11) is 0. The molecule has 0 saturated carbocycles. The molecule has 0 aromatic heterocycles. The predicted octanol–water partition coefficient (Wildman–Crippen LogP) is 3.62. The average Bonchev–Trinajstić information content (AvgIpc) is 2.82. The normalized spacial score (nSPS) is 15.7.